The predicted octanol–water partition coefficient (Wildman–Crippen LogP) is 1.18. The molecule has 1 N–H and O–H groups in total. The standard InChI is InChI=1S/C10H12NO.Y/c1-9(12)11-8-7-10-5-3-2-4-6-10;/h2-6H,1,7-8H2,(H,11,12);/q-1;. The third-order valence-corrected chi connectivity index (χ3v) is 1.58. The van der Waals surface area contributed by atoms with Gasteiger partial charge in [-0.1, -0.05) is 30.3 Å². The van der Waals surface area contributed by atoms with Crippen molar-refractivity contribution >= 4 is 5.91 Å². The van der Waals surface area contributed by atoms with Gasteiger partial charge in [0.2, 0.25) is 0 Å². The van der Waals surface area contributed by atoms with E-state index in [4.69, 9.17) is 0 Å². The van der Waals surface area contributed by atoms with Crippen molar-refractivity contribution in [3.63, 3.8) is 0 Å². The minimum atomic E-state index is -0.217. The van der Waals surface area contributed by atoms with E-state index < -0.39 is 0 Å². The molecule has 1 rings (SSSR count). The molecule has 0 heterocycles. The number of amides is 1. The monoisotopic (exact) mass is 251 g/mol. The SMILES string of the molecule is [CH2-]C(=O)NCCc1ccccc1.[Y]. The van der Waals surface area contributed by atoms with Crippen LogP contribution in [-0.2, 0) is 43.9 Å². The summed E-state index contributed by atoms with van der Waals surface area (Å²) in [5.41, 5.74) is 1.23. The zero-order valence-electron chi connectivity index (χ0n) is 7.49. The van der Waals surface area contributed by atoms with E-state index in [0.717, 1.165) is 6.42 Å². The van der Waals surface area contributed by atoms with Crippen molar-refractivity contribution < 1.29 is 37.5 Å². The molecule has 0 spiro atoms. The molecule has 0 aliphatic carbocycles. The number of hydrogen-bond donors (Lipinski definition) is 1. The molecule has 0 bridgehead atoms. The molecule has 1 amide bonds. The van der Waals surface area contributed by atoms with Gasteiger partial charge in [0.25, 0.3) is 0 Å². The van der Waals surface area contributed by atoms with Crippen LogP contribution < -0.4 is 5.32 Å². The average molecular weight is 251 g/mol. The first kappa shape index (κ1) is 12.7. The maximum Gasteiger partial charge on any atom is 0.0797 e. The van der Waals surface area contributed by atoms with Gasteiger partial charge in [0, 0.05) is 39.3 Å². The van der Waals surface area contributed by atoms with Crippen LogP contribution in [0.4, 0.5) is 0 Å². The minimum absolute atomic E-state index is 0. The van der Waals surface area contributed by atoms with Crippen LogP contribution in [0.5, 0.6) is 0 Å². The Morgan fingerprint density at radius 1 is 1.31 bits per heavy atom. The summed E-state index contributed by atoms with van der Waals surface area (Å²) in [6.07, 6.45) is 0.863. The fraction of sp³-hybridized carbons (Fsp3) is 0.200. The Bertz CT molecular complexity index is 248. The summed E-state index contributed by atoms with van der Waals surface area (Å²) >= 11 is 0. The molecule has 0 aliphatic heterocycles. The molecule has 0 atom stereocenters. The van der Waals surface area contributed by atoms with Crippen molar-refractivity contribution in [3.05, 3.63) is 42.8 Å². The van der Waals surface area contributed by atoms with Crippen molar-refractivity contribution in [1.29, 1.82) is 0 Å². The third-order valence-electron chi connectivity index (χ3n) is 1.58. The maximum atomic E-state index is 10.4. The zero-order valence-corrected chi connectivity index (χ0v) is 10.3. The van der Waals surface area contributed by atoms with Crippen molar-refractivity contribution in [3.8, 4) is 0 Å². The van der Waals surface area contributed by atoms with Crippen molar-refractivity contribution in [2.45, 2.75) is 6.42 Å². The molecule has 13 heavy (non-hydrogen) atoms. The summed E-state index contributed by atoms with van der Waals surface area (Å²) < 4.78 is 0. The van der Waals surface area contributed by atoms with Crippen LogP contribution in [-0.4, -0.2) is 12.5 Å². The van der Waals surface area contributed by atoms with Crippen LogP contribution in [0, 0.1) is 6.92 Å². The number of benzene rings is 1. The van der Waals surface area contributed by atoms with E-state index >= 15 is 0 Å². The Morgan fingerprint density at radius 2 is 1.92 bits per heavy atom. The van der Waals surface area contributed by atoms with E-state index in [0.29, 0.717) is 6.54 Å². The van der Waals surface area contributed by atoms with E-state index in [9.17, 15) is 4.79 Å². The Kier molecular flexibility index (Phi) is 6.92. The van der Waals surface area contributed by atoms with Crippen LogP contribution in [0.2, 0.25) is 0 Å². The van der Waals surface area contributed by atoms with Gasteiger partial charge in [-0.15, -0.1) is 0 Å². The number of nitrogens with one attached hydrogen (secondary N) is 1. The Labute approximate surface area is 104 Å². The van der Waals surface area contributed by atoms with Crippen LogP contribution in [0.15, 0.2) is 30.3 Å². The van der Waals surface area contributed by atoms with Crippen molar-refractivity contribution in [2.75, 3.05) is 6.54 Å². The van der Waals surface area contributed by atoms with Gasteiger partial charge in [-0.05, 0) is 12.0 Å². The second-order valence-corrected chi connectivity index (χ2v) is 2.59. The second-order valence-electron chi connectivity index (χ2n) is 2.59. The van der Waals surface area contributed by atoms with E-state index in [1.54, 1.807) is 0 Å². The van der Waals surface area contributed by atoms with Gasteiger partial charge in [0.05, 0.1) is 5.91 Å². The molecule has 0 aliphatic rings. The molecule has 0 aromatic heterocycles. The normalized spacial score (nSPS) is 8.62. The predicted molar refractivity (Wildman–Crippen MR) is 48.5 cm³/mol. The molecule has 67 valence electrons. The van der Waals surface area contributed by atoms with E-state index in [-0.39, 0.29) is 38.6 Å². The van der Waals surface area contributed by atoms with Crippen LogP contribution in [0.25, 0.3) is 0 Å². The van der Waals surface area contributed by atoms with Gasteiger partial charge in [0.1, 0.15) is 0 Å². The molecule has 0 saturated carbocycles. The molecular formula is C10H12NOY-. The fourth-order valence-corrected chi connectivity index (χ4v) is 0.991. The van der Waals surface area contributed by atoms with Crippen molar-refractivity contribution in [1.82, 2.24) is 5.32 Å². The molecule has 1 aromatic rings. The summed E-state index contributed by atoms with van der Waals surface area (Å²) in [6.45, 7) is 3.88. The van der Waals surface area contributed by atoms with Crippen molar-refractivity contribution in [2.24, 2.45) is 0 Å². The summed E-state index contributed by atoms with van der Waals surface area (Å²) in [5, 5.41) is 2.64. The second kappa shape index (κ2) is 7.10. The fourth-order valence-electron chi connectivity index (χ4n) is 0.991. The van der Waals surface area contributed by atoms with Crippen LogP contribution in [0.1, 0.15) is 5.56 Å². The van der Waals surface area contributed by atoms with Gasteiger partial charge >= 0.3 is 0 Å². The van der Waals surface area contributed by atoms with E-state index in [2.05, 4.69) is 12.2 Å². The molecular weight excluding hydrogens is 239 g/mol. The number of hydrogen-bond acceptors (Lipinski definition) is 1. The molecule has 1 aromatic carbocycles. The Balaban J connectivity index is 0.00000144. The van der Waals surface area contributed by atoms with E-state index in [1.807, 2.05) is 30.3 Å². The van der Waals surface area contributed by atoms with Gasteiger partial charge in [0.15, 0.2) is 0 Å². The minimum Gasteiger partial charge on any atom is -0.381 e. The van der Waals surface area contributed by atoms with Gasteiger partial charge in [-0.25, -0.2) is 0 Å². The molecule has 2 nitrogen and oxygen atoms in total. The first-order valence-electron chi connectivity index (χ1n) is 3.93. The first-order chi connectivity index (χ1) is 5.79. The number of rotatable bonds is 3. The largest absolute Gasteiger partial charge is 0.381 e. The van der Waals surface area contributed by atoms with Gasteiger partial charge < -0.3 is 17.0 Å². The molecule has 0 fully saturated rings. The van der Waals surface area contributed by atoms with Crippen LogP contribution >= 0.6 is 0 Å². The molecule has 0 unspecified atom stereocenters. The summed E-state index contributed by atoms with van der Waals surface area (Å²) in [7, 11) is 0. The average Bonchev–Trinajstić information content (AvgIpc) is 2.05. The Morgan fingerprint density at radius 3 is 2.46 bits per heavy atom. The smallest absolute Gasteiger partial charge is 0.0797 e. The molecule has 3 heteroatoms. The first-order valence-corrected chi connectivity index (χ1v) is 3.93. The maximum absolute atomic E-state index is 10.4. The summed E-state index contributed by atoms with van der Waals surface area (Å²) in [6, 6.07) is 10.0. The van der Waals surface area contributed by atoms with Crippen LogP contribution in [0.3, 0.4) is 0 Å². The number of carbonyl (C=O) groups is 1. The molecule has 1 radical (unpaired) electrons. The van der Waals surface area contributed by atoms with Gasteiger partial charge in [-0.2, -0.15) is 0 Å². The quantitative estimate of drug-likeness (QED) is 0.803. The zero-order chi connectivity index (χ0) is 8.81. The summed E-state index contributed by atoms with van der Waals surface area (Å²) in [5.74, 6) is -0.217. The molecule has 0 saturated heterocycles. The topological polar surface area (TPSA) is 29.1 Å². The van der Waals surface area contributed by atoms with E-state index in [1.165, 1.54) is 5.56 Å². The summed E-state index contributed by atoms with van der Waals surface area (Å²) in [4.78, 5) is 10.4. The third kappa shape index (κ3) is 5.83. The van der Waals surface area contributed by atoms with Gasteiger partial charge in [-0.3, -0.25) is 0 Å². The number of carbonyl (C=O) groups excluding carboxylic acids is 1. The Hall–Kier alpha value is -0.336.